The molecule has 0 spiro atoms. The van der Waals surface area contributed by atoms with Crippen molar-refractivity contribution in [2.24, 2.45) is 0 Å². The molecular weight excluding hydrogens is 922 g/mol. The van der Waals surface area contributed by atoms with E-state index in [1.54, 1.807) is 0 Å². The van der Waals surface area contributed by atoms with Crippen molar-refractivity contribution in [3.05, 3.63) is 0 Å². The fourth-order valence-corrected chi connectivity index (χ4v) is 43.5. The van der Waals surface area contributed by atoms with E-state index in [4.69, 9.17) is 7.56 Å². The van der Waals surface area contributed by atoms with Crippen LogP contribution in [0.2, 0.25) is 0 Å². The van der Waals surface area contributed by atoms with Gasteiger partial charge in [0.15, 0.2) is 0 Å². The first-order valence-electron chi connectivity index (χ1n) is 18.8. The monoisotopic (exact) mass is 986 g/mol. The summed E-state index contributed by atoms with van der Waals surface area (Å²) in [7, 11) is 0. The fraction of sp³-hybridized carbons (Fsp3) is 1.00. The third-order valence-corrected chi connectivity index (χ3v) is 38.9. The van der Waals surface area contributed by atoms with E-state index in [0.717, 1.165) is 66.2 Å². The van der Waals surface area contributed by atoms with Crippen LogP contribution in [0, 0.1) is 0 Å². The summed E-state index contributed by atoms with van der Waals surface area (Å²) in [5.74, 6) is 0. The quantitative estimate of drug-likeness (QED) is 0.0382. The van der Waals surface area contributed by atoms with Crippen LogP contribution >= 0.6 is 0 Å². The zero-order valence-corrected chi connectivity index (χ0v) is 36.9. The second-order valence-electron chi connectivity index (χ2n) is 13.3. The third-order valence-electron chi connectivity index (χ3n) is 9.16. The van der Waals surface area contributed by atoms with Gasteiger partial charge in [-0.3, -0.25) is 0 Å². The molecule has 0 radical (unpaired) electrons. The average Bonchev–Trinajstić information content (AvgIpc) is 3.10. The molecule has 0 aromatic heterocycles. The fourth-order valence-electron chi connectivity index (χ4n) is 5.76. The van der Waals surface area contributed by atoms with E-state index in [2.05, 4.69) is 0 Å². The predicted octanol–water partition coefficient (Wildman–Crippen LogP) is 13.1. The van der Waals surface area contributed by atoms with Gasteiger partial charge in [-0.1, -0.05) is 0 Å². The molecule has 0 bridgehead atoms. The minimum absolute atomic E-state index is 0.169. The Labute approximate surface area is 308 Å². The van der Waals surface area contributed by atoms with Crippen LogP contribution in [0.5, 0.6) is 0 Å². The van der Waals surface area contributed by atoms with Crippen LogP contribution < -0.4 is 0 Å². The Morgan fingerprint density at radius 3 is 0.804 bits per heavy atom. The number of alkyl halides is 12. The summed E-state index contributed by atoms with van der Waals surface area (Å²) in [5.41, 5.74) is 0. The van der Waals surface area contributed by atoms with E-state index in [-0.39, 0.29) is 25.7 Å². The first-order valence-corrected chi connectivity index (χ1v) is 29.2. The molecule has 0 aromatic carbocycles. The van der Waals surface area contributed by atoms with E-state index < -0.39 is 118 Å². The zero-order chi connectivity index (χ0) is 39.6. The Kier molecular flexibility index (Phi) is 24.6. The molecule has 4 unspecified atom stereocenters. The van der Waals surface area contributed by atoms with Crippen LogP contribution in [0.4, 0.5) is 52.7 Å². The molecular formula is C34H62F12O3Sn2. The predicted molar refractivity (Wildman–Crippen MR) is 181 cm³/mol. The molecule has 0 amide bonds. The molecule has 4 atom stereocenters. The van der Waals surface area contributed by atoms with Gasteiger partial charge >= 0.3 is 309 Å². The van der Waals surface area contributed by atoms with Gasteiger partial charge in [0.05, 0.1) is 0 Å². The van der Waals surface area contributed by atoms with Gasteiger partial charge in [0.25, 0.3) is 0 Å². The van der Waals surface area contributed by atoms with Crippen LogP contribution in [0.15, 0.2) is 0 Å². The van der Waals surface area contributed by atoms with Crippen molar-refractivity contribution in [3.8, 4) is 0 Å². The molecule has 0 saturated carbocycles. The van der Waals surface area contributed by atoms with Gasteiger partial charge in [0.1, 0.15) is 0 Å². The van der Waals surface area contributed by atoms with Gasteiger partial charge in [0, 0.05) is 0 Å². The topological polar surface area (TPSA) is 27.7 Å². The molecule has 0 rings (SSSR count). The Hall–Kier alpha value is 0.637. The number of hydrogen-bond donors (Lipinski definition) is 0. The van der Waals surface area contributed by atoms with Crippen molar-refractivity contribution in [1.29, 1.82) is 0 Å². The summed E-state index contributed by atoms with van der Waals surface area (Å²) in [6.07, 6.45) is -12.4. The van der Waals surface area contributed by atoms with Crippen LogP contribution in [-0.2, 0) is 7.56 Å². The molecule has 3 nitrogen and oxygen atoms in total. The normalized spacial score (nSPS) is 18.2. The summed E-state index contributed by atoms with van der Waals surface area (Å²) < 4.78 is 185. The molecule has 0 aromatic rings. The van der Waals surface area contributed by atoms with Crippen molar-refractivity contribution < 1.29 is 60.2 Å². The molecule has 0 N–H and O–H groups in total. The van der Waals surface area contributed by atoms with Gasteiger partial charge in [-0.25, -0.2) is 0 Å². The Morgan fingerprint density at radius 2 is 0.588 bits per heavy atom. The zero-order valence-electron chi connectivity index (χ0n) is 31.2. The Morgan fingerprint density at radius 1 is 0.373 bits per heavy atom. The van der Waals surface area contributed by atoms with Crippen molar-refractivity contribution in [1.82, 2.24) is 0 Å². The summed E-state index contributed by atoms with van der Waals surface area (Å²) in [4.78, 5) is 0. The molecule has 17 heteroatoms. The van der Waals surface area contributed by atoms with Gasteiger partial charge < -0.3 is 0 Å². The van der Waals surface area contributed by atoms with Gasteiger partial charge in [0.2, 0.25) is 0 Å². The Bertz CT molecular complexity index is 806. The van der Waals surface area contributed by atoms with E-state index >= 15 is 52.7 Å². The number of unbranched alkanes of at least 4 members (excludes halogenated alkanes) is 12. The number of rotatable bonds is 32. The molecule has 0 aliphatic rings. The molecule has 0 fully saturated rings. The first kappa shape index (κ1) is 51.6. The number of hydrogen-bond acceptors (Lipinski definition) is 3. The van der Waals surface area contributed by atoms with Crippen molar-refractivity contribution in [3.63, 3.8) is 0 Å². The van der Waals surface area contributed by atoms with Gasteiger partial charge in [-0.2, -0.15) is 0 Å². The summed E-state index contributed by atoms with van der Waals surface area (Å²) >= 11 is -18.0. The summed E-state index contributed by atoms with van der Waals surface area (Å²) in [6, 6.07) is 0. The second-order valence-corrected chi connectivity index (χ2v) is 34.1. The standard InChI is InChI=1S/2C9H19O.4C4H6F3.O.2Sn/c2*1-2-3-4-5-6-7-8-9-10;4*1-2-3(5)4(6)7;;;/h2*2-9H2,1H3;4*3H,2H2,1H3;;;/q2*-1;;;;;;2*+1. The molecule has 0 aliphatic carbocycles. The van der Waals surface area contributed by atoms with Crippen LogP contribution in [0.25, 0.3) is 0 Å². The molecule has 0 aliphatic heterocycles. The maximum atomic E-state index is 16.4. The first-order chi connectivity index (χ1) is 23.8. The summed E-state index contributed by atoms with van der Waals surface area (Å²) in [6.45, 7) is 4.81. The molecule has 308 valence electrons. The third kappa shape index (κ3) is 12.8. The van der Waals surface area contributed by atoms with Crippen molar-refractivity contribution in [2.45, 2.75) is 198 Å². The maximum absolute atomic E-state index is 16.4. The average molecular weight is 984 g/mol. The minimum atomic E-state index is -8.98. The SMILES string of the molecule is CCCCCCCCC[O][Sn]([O][Sn]([O]CCCCCCCCC)([C](F)(F)C(F)CC)[C](F)(F)C(F)CC)([C](F)(F)C(F)CC)[C](F)(F)C(F)CC. The van der Waals surface area contributed by atoms with Crippen molar-refractivity contribution in [2.75, 3.05) is 13.2 Å². The summed E-state index contributed by atoms with van der Waals surface area (Å²) in [5, 5.41) is 0. The Balaban J connectivity index is 7.69. The van der Waals surface area contributed by atoms with E-state index in [1.807, 2.05) is 13.8 Å². The van der Waals surface area contributed by atoms with Crippen molar-refractivity contribution >= 4 is 38.4 Å². The van der Waals surface area contributed by atoms with E-state index in [0.29, 0.717) is 25.7 Å². The molecule has 0 heterocycles. The van der Waals surface area contributed by atoms with Gasteiger partial charge in [-0.05, 0) is 0 Å². The molecule has 0 saturated heterocycles. The van der Waals surface area contributed by atoms with Gasteiger partial charge in [-0.15, -0.1) is 0 Å². The van der Waals surface area contributed by atoms with Crippen LogP contribution in [-0.4, -0.2) is 92.1 Å². The molecule has 51 heavy (non-hydrogen) atoms. The van der Waals surface area contributed by atoms with Crippen LogP contribution in [0.3, 0.4) is 0 Å². The van der Waals surface area contributed by atoms with E-state index in [9.17, 15) is 0 Å². The van der Waals surface area contributed by atoms with Crippen LogP contribution in [0.1, 0.15) is 157 Å². The van der Waals surface area contributed by atoms with E-state index in [1.165, 1.54) is 0 Å². The second kappa shape index (κ2) is 24.3. The number of halogens is 12.